The Hall–Kier alpha value is -4.49. The number of para-hydroxylation sites is 1. The van der Waals surface area contributed by atoms with Crippen LogP contribution in [0.2, 0.25) is 0 Å². The first-order valence-corrected chi connectivity index (χ1v) is 16.5. The minimum absolute atomic E-state index is 0.210. The molecular formula is C39H48N6O. The highest BCUT2D eigenvalue weighted by Crippen LogP contribution is 2.32. The number of aromatic nitrogens is 3. The summed E-state index contributed by atoms with van der Waals surface area (Å²) in [6.45, 7) is 17.9. The maximum Gasteiger partial charge on any atom is 0.141 e. The molecule has 46 heavy (non-hydrogen) atoms. The van der Waals surface area contributed by atoms with E-state index in [4.69, 9.17) is 15.0 Å². The van der Waals surface area contributed by atoms with Crippen molar-refractivity contribution in [1.29, 1.82) is 0 Å². The average molecular weight is 617 g/mol. The second-order valence-electron chi connectivity index (χ2n) is 12.2. The van der Waals surface area contributed by atoms with E-state index in [2.05, 4.69) is 74.8 Å². The molecule has 0 saturated carbocycles. The van der Waals surface area contributed by atoms with Gasteiger partial charge in [0.2, 0.25) is 0 Å². The molecule has 0 unspecified atom stereocenters. The highest BCUT2D eigenvalue weighted by atomic mass is 16.3. The molecule has 0 amide bonds. The number of nitrogens with zero attached hydrogens (tertiary/aromatic N) is 3. The molecular weight excluding hydrogens is 568 g/mol. The molecule has 4 N–H and O–H groups in total. The van der Waals surface area contributed by atoms with Gasteiger partial charge in [-0.25, -0.2) is 15.0 Å². The molecule has 0 aliphatic carbocycles. The number of rotatable bonds is 13. The van der Waals surface area contributed by atoms with Crippen LogP contribution in [0.3, 0.4) is 0 Å². The molecule has 0 fully saturated rings. The third kappa shape index (κ3) is 7.48. The van der Waals surface area contributed by atoms with Crippen molar-refractivity contribution >= 4 is 22.5 Å². The number of nitrogens with one attached hydrogen (secondary N) is 3. The summed E-state index contributed by atoms with van der Waals surface area (Å²) >= 11 is 0. The zero-order valence-corrected chi connectivity index (χ0v) is 28.4. The summed E-state index contributed by atoms with van der Waals surface area (Å²) in [5, 5.41) is 22.4. The molecule has 0 bridgehead atoms. The highest BCUT2D eigenvalue weighted by molar-refractivity contribution is 5.84. The van der Waals surface area contributed by atoms with E-state index in [1.807, 2.05) is 38.1 Å². The van der Waals surface area contributed by atoms with E-state index in [9.17, 15) is 5.11 Å². The van der Waals surface area contributed by atoms with Crippen LogP contribution in [0.25, 0.3) is 10.9 Å². The predicted octanol–water partition coefficient (Wildman–Crippen LogP) is 8.17. The zero-order valence-electron chi connectivity index (χ0n) is 28.4. The van der Waals surface area contributed by atoms with Crippen LogP contribution < -0.4 is 16.0 Å². The Balaban J connectivity index is 1.52. The second kappa shape index (κ2) is 14.7. The van der Waals surface area contributed by atoms with Gasteiger partial charge in [-0.3, -0.25) is 0 Å². The van der Waals surface area contributed by atoms with E-state index in [-0.39, 0.29) is 5.75 Å². The van der Waals surface area contributed by atoms with Crippen LogP contribution in [-0.4, -0.2) is 20.1 Å². The van der Waals surface area contributed by atoms with Crippen molar-refractivity contribution in [3.05, 3.63) is 116 Å². The Morgan fingerprint density at radius 3 is 1.59 bits per heavy atom. The maximum atomic E-state index is 10.4. The molecule has 0 atom stereocenters. The lowest BCUT2D eigenvalue weighted by atomic mass is 9.83. The standard InChI is InChI=1S/C39H48N6O/c1-8-30-33(21-40-20-29-15-14-28-12-11-13-36(46)39(28)45-29)31(9-2)35(23-42-38-19-25(5)17-27(7)44-38)32(10-3)34(30)22-41-37-18-24(4)16-26(6)43-37/h11-19,40,46H,8-10,20-23H2,1-7H3,(H,41,43)(H,42,44). The Kier molecular flexibility index (Phi) is 10.5. The van der Waals surface area contributed by atoms with Crippen molar-refractivity contribution in [1.82, 2.24) is 20.3 Å². The van der Waals surface area contributed by atoms with Crippen LogP contribution >= 0.6 is 0 Å². The number of aryl methyl sites for hydroxylation is 4. The Morgan fingerprint density at radius 1 is 0.565 bits per heavy atom. The van der Waals surface area contributed by atoms with Gasteiger partial charge in [0.1, 0.15) is 22.9 Å². The fourth-order valence-corrected chi connectivity index (χ4v) is 6.82. The SMILES string of the molecule is CCc1c(CNCc2ccc3cccc(O)c3n2)c(CC)c(CNc2cc(C)cc(C)n2)c(CC)c1CNc1cc(C)cc(C)n1. The first-order valence-electron chi connectivity index (χ1n) is 16.5. The van der Waals surface area contributed by atoms with Gasteiger partial charge in [-0.15, -0.1) is 0 Å². The number of fused-ring (bicyclic) bond motifs is 1. The molecule has 7 nitrogen and oxygen atoms in total. The van der Waals surface area contributed by atoms with Crippen molar-refractivity contribution in [2.75, 3.05) is 10.6 Å². The number of phenolic OH excluding ortho intramolecular Hbond substituents is 1. The van der Waals surface area contributed by atoms with Gasteiger partial charge >= 0.3 is 0 Å². The maximum absolute atomic E-state index is 10.4. The summed E-state index contributed by atoms with van der Waals surface area (Å²) in [7, 11) is 0. The molecule has 5 rings (SSSR count). The summed E-state index contributed by atoms with van der Waals surface area (Å²) in [5.41, 5.74) is 14.3. The second-order valence-corrected chi connectivity index (χ2v) is 12.2. The lowest BCUT2D eigenvalue weighted by molar-refractivity contribution is 0.480. The summed E-state index contributed by atoms with van der Waals surface area (Å²) in [5.74, 6) is 2.03. The Morgan fingerprint density at radius 2 is 1.09 bits per heavy atom. The molecule has 3 aromatic heterocycles. The summed E-state index contributed by atoms with van der Waals surface area (Å²) in [6.07, 6.45) is 2.80. The smallest absolute Gasteiger partial charge is 0.141 e. The molecule has 3 heterocycles. The topological polar surface area (TPSA) is 95.0 Å². The quantitative estimate of drug-likeness (QED) is 0.106. The first-order chi connectivity index (χ1) is 22.2. The number of aromatic hydroxyl groups is 1. The number of hydrogen-bond donors (Lipinski definition) is 4. The van der Waals surface area contributed by atoms with Crippen molar-refractivity contribution in [3.63, 3.8) is 0 Å². The van der Waals surface area contributed by atoms with Crippen molar-refractivity contribution < 1.29 is 5.11 Å². The van der Waals surface area contributed by atoms with Crippen molar-refractivity contribution in [2.24, 2.45) is 0 Å². The third-order valence-electron chi connectivity index (χ3n) is 8.70. The largest absolute Gasteiger partial charge is 0.506 e. The van der Waals surface area contributed by atoms with Gasteiger partial charge < -0.3 is 21.1 Å². The Labute approximate surface area is 273 Å². The normalized spacial score (nSPS) is 11.3. The number of hydrogen-bond acceptors (Lipinski definition) is 7. The summed E-state index contributed by atoms with van der Waals surface area (Å²) < 4.78 is 0. The van der Waals surface area contributed by atoms with Gasteiger partial charge in [0.05, 0.1) is 5.69 Å². The van der Waals surface area contributed by atoms with Gasteiger partial charge in [0, 0.05) is 43.0 Å². The lowest BCUT2D eigenvalue weighted by Crippen LogP contribution is -2.22. The summed E-state index contributed by atoms with van der Waals surface area (Å²) in [6, 6.07) is 18.0. The van der Waals surface area contributed by atoms with Gasteiger partial charge in [-0.1, -0.05) is 39.0 Å². The van der Waals surface area contributed by atoms with E-state index in [0.29, 0.717) is 25.2 Å². The number of pyridine rings is 3. The molecule has 5 aromatic rings. The highest BCUT2D eigenvalue weighted by Gasteiger charge is 2.21. The number of benzene rings is 2. The molecule has 0 saturated heterocycles. The average Bonchev–Trinajstić information content (AvgIpc) is 3.02. The van der Waals surface area contributed by atoms with Crippen LogP contribution in [0.1, 0.15) is 82.4 Å². The minimum Gasteiger partial charge on any atom is -0.506 e. The third-order valence-corrected chi connectivity index (χ3v) is 8.70. The fraction of sp³-hybridized carbons (Fsp3) is 0.359. The Bertz CT molecular complexity index is 1720. The van der Waals surface area contributed by atoms with E-state index in [1.165, 1.54) is 44.5 Å². The minimum atomic E-state index is 0.210. The van der Waals surface area contributed by atoms with Crippen LogP contribution in [0, 0.1) is 27.7 Å². The molecule has 0 aliphatic heterocycles. The van der Waals surface area contributed by atoms with Crippen LogP contribution in [0.5, 0.6) is 5.75 Å². The van der Waals surface area contributed by atoms with E-state index < -0.39 is 0 Å². The van der Waals surface area contributed by atoms with Crippen molar-refractivity contribution in [3.8, 4) is 5.75 Å². The van der Waals surface area contributed by atoms with Crippen molar-refractivity contribution in [2.45, 2.75) is 93.9 Å². The molecule has 0 radical (unpaired) electrons. The molecule has 2 aromatic carbocycles. The monoisotopic (exact) mass is 616 g/mol. The molecule has 0 aliphatic rings. The fourth-order valence-electron chi connectivity index (χ4n) is 6.82. The predicted molar refractivity (Wildman–Crippen MR) is 191 cm³/mol. The van der Waals surface area contributed by atoms with Gasteiger partial charge in [0.25, 0.3) is 0 Å². The number of anilines is 2. The van der Waals surface area contributed by atoms with Crippen LogP contribution in [0.4, 0.5) is 11.6 Å². The molecule has 0 spiro atoms. The zero-order chi connectivity index (χ0) is 32.8. The van der Waals surface area contributed by atoms with E-state index in [1.54, 1.807) is 6.07 Å². The summed E-state index contributed by atoms with van der Waals surface area (Å²) in [4.78, 5) is 14.3. The van der Waals surface area contributed by atoms with Gasteiger partial charge in [-0.05, 0) is 128 Å². The van der Waals surface area contributed by atoms with E-state index in [0.717, 1.165) is 59.9 Å². The van der Waals surface area contributed by atoms with Gasteiger partial charge in [0.15, 0.2) is 0 Å². The molecule has 7 heteroatoms. The van der Waals surface area contributed by atoms with Gasteiger partial charge in [-0.2, -0.15) is 0 Å². The van der Waals surface area contributed by atoms with Crippen LogP contribution in [-0.2, 0) is 45.4 Å². The van der Waals surface area contributed by atoms with E-state index >= 15 is 0 Å². The number of phenols is 1. The molecule has 240 valence electrons. The van der Waals surface area contributed by atoms with Crippen LogP contribution in [0.15, 0.2) is 54.6 Å². The first kappa shape index (κ1) is 32.9. The lowest BCUT2D eigenvalue weighted by Gasteiger charge is -2.27.